The third-order valence-corrected chi connectivity index (χ3v) is 4.08. The number of aromatic nitrogens is 2. The van der Waals surface area contributed by atoms with E-state index in [4.69, 9.17) is 0 Å². The van der Waals surface area contributed by atoms with Crippen LogP contribution in [0.2, 0.25) is 0 Å². The van der Waals surface area contributed by atoms with Gasteiger partial charge >= 0.3 is 0 Å². The summed E-state index contributed by atoms with van der Waals surface area (Å²) in [6.07, 6.45) is 7.99. The van der Waals surface area contributed by atoms with Crippen molar-refractivity contribution in [1.82, 2.24) is 9.97 Å². The number of amides is 1. The van der Waals surface area contributed by atoms with E-state index in [0.29, 0.717) is 17.6 Å². The number of hydrogen-bond acceptors (Lipinski definition) is 4. The van der Waals surface area contributed by atoms with Crippen LogP contribution in [0.25, 0.3) is 0 Å². The van der Waals surface area contributed by atoms with Crippen LogP contribution in [-0.4, -0.2) is 21.9 Å². The Morgan fingerprint density at radius 2 is 1.65 bits per heavy atom. The van der Waals surface area contributed by atoms with Crippen molar-refractivity contribution < 1.29 is 4.79 Å². The van der Waals surface area contributed by atoms with Crippen molar-refractivity contribution in [2.45, 2.75) is 45.6 Å². The highest BCUT2D eigenvalue weighted by molar-refractivity contribution is 6.04. The van der Waals surface area contributed by atoms with E-state index < -0.39 is 0 Å². The second-order valence-corrected chi connectivity index (χ2v) is 6.25. The fraction of sp³-hybridized carbons (Fsp3) is 0.389. The Labute approximate surface area is 136 Å². The van der Waals surface area contributed by atoms with Crippen LogP contribution >= 0.6 is 0 Å². The summed E-state index contributed by atoms with van der Waals surface area (Å²) in [5, 5.41) is 6.21. The lowest BCUT2D eigenvalue weighted by Gasteiger charge is -2.11. The Hall–Kier alpha value is -2.43. The summed E-state index contributed by atoms with van der Waals surface area (Å²) in [4.78, 5) is 20.8. The summed E-state index contributed by atoms with van der Waals surface area (Å²) in [5.41, 5.74) is 3.49. The zero-order chi connectivity index (χ0) is 16.2. The summed E-state index contributed by atoms with van der Waals surface area (Å²) in [6, 6.07) is 6.43. The molecule has 0 saturated heterocycles. The van der Waals surface area contributed by atoms with Crippen LogP contribution in [-0.2, 0) is 0 Å². The predicted molar refractivity (Wildman–Crippen MR) is 91.8 cm³/mol. The van der Waals surface area contributed by atoms with Crippen LogP contribution in [0.4, 0.5) is 11.6 Å². The Balaban J connectivity index is 1.65. The highest BCUT2D eigenvalue weighted by Crippen LogP contribution is 2.20. The molecule has 0 radical (unpaired) electrons. The molecule has 120 valence electrons. The highest BCUT2D eigenvalue weighted by Gasteiger charge is 2.16. The molecule has 2 N–H and O–H groups in total. The van der Waals surface area contributed by atoms with E-state index in [2.05, 4.69) is 26.7 Å². The Kier molecular flexibility index (Phi) is 4.55. The molecule has 2 aromatic rings. The minimum absolute atomic E-state index is 0.192. The SMILES string of the molecule is Cc1cc(C)cc(NC(=O)c2cnc(NC3CCCC3)nc2)c1. The van der Waals surface area contributed by atoms with Gasteiger partial charge in [-0.3, -0.25) is 4.79 Å². The second kappa shape index (κ2) is 6.77. The van der Waals surface area contributed by atoms with Gasteiger partial charge in [0.05, 0.1) is 5.56 Å². The molecular formula is C18H22N4O. The van der Waals surface area contributed by atoms with E-state index in [-0.39, 0.29) is 5.91 Å². The van der Waals surface area contributed by atoms with Gasteiger partial charge < -0.3 is 10.6 Å². The summed E-state index contributed by atoms with van der Waals surface area (Å²) in [7, 11) is 0. The average Bonchev–Trinajstić information content (AvgIpc) is 3.00. The first-order chi connectivity index (χ1) is 11.1. The molecule has 1 aliphatic carbocycles. The number of carbonyl (C=O) groups excluding carboxylic acids is 1. The number of rotatable bonds is 4. The Morgan fingerprint density at radius 1 is 1.04 bits per heavy atom. The quantitative estimate of drug-likeness (QED) is 0.903. The molecule has 1 aliphatic rings. The van der Waals surface area contributed by atoms with Crippen LogP contribution in [0.5, 0.6) is 0 Å². The van der Waals surface area contributed by atoms with Gasteiger partial charge in [0, 0.05) is 24.1 Å². The molecule has 5 heteroatoms. The average molecular weight is 310 g/mol. The molecule has 1 heterocycles. The predicted octanol–water partition coefficient (Wildman–Crippen LogP) is 3.70. The van der Waals surface area contributed by atoms with E-state index in [1.54, 1.807) is 12.4 Å². The number of anilines is 2. The van der Waals surface area contributed by atoms with Gasteiger partial charge in [0.25, 0.3) is 5.91 Å². The highest BCUT2D eigenvalue weighted by atomic mass is 16.1. The summed E-state index contributed by atoms with van der Waals surface area (Å²) < 4.78 is 0. The third kappa shape index (κ3) is 4.06. The third-order valence-electron chi connectivity index (χ3n) is 4.08. The first-order valence-corrected chi connectivity index (χ1v) is 8.08. The summed E-state index contributed by atoms with van der Waals surface area (Å²) in [5.74, 6) is 0.405. The van der Waals surface area contributed by atoms with Gasteiger partial charge in [0.2, 0.25) is 5.95 Å². The Morgan fingerprint density at radius 3 is 2.26 bits per heavy atom. The van der Waals surface area contributed by atoms with Crippen LogP contribution in [0, 0.1) is 13.8 Å². The van der Waals surface area contributed by atoms with Crippen molar-refractivity contribution in [3.63, 3.8) is 0 Å². The van der Waals surface area contributed by atoms with Crippen molar-refractivity contribution >= 4 is 17.5 Å². The zero-order valence-corrected chi connectivity index (χ0v) is 13.6. The molecule has 1 aromatic heterocycles. The first kappa shape index (κ1) is 15.5. The summed E-state index contributed by atoms with van der Waals surface area (Å²) in [6.45, 7) is 4.02. The molecule has 3 rings (SSSR count). The van der Waals surface area contributed by atoms with Crippen LogP contribution in [0.1, 0.15) is 47.2 Å². The largest absolute Gasteiger partial charge is 0.351 e. The maximum absolute atomic E-state index is 12.3. The van der Waals surface area contributed by atoms with Crippen LogP contribution in [0.3, 0.4) is 0 Å². The molecule has 5 nitrogen and oxygen atoms in total. The van der Waals surface area contributed by atoms with Crippen LogP contribution < -0.4 is 10.6 Å². The number of aryl methyl sites for hydroxylation is 2. The fourth-order valence-corrected chi connectivity index (χ4v) is 3.02. The second-order valence-electron chi connectivity index (χ2n) is 6.25. The molecule has 1 aromatic carbocycles. The van der Waals surface area contributed by atoms with Crippen molar-refractivity contribution in [3.8, 4) is 0 Å². The van der Waals surface area contributed by atoms with Crippen molar-refractivity contribution in [2.75, 3.05) is 10.6 Å². The van der Waals surface area contributed by atoms with E-state index in [1.807, 2.05) is 26.0 Å². The molecule has 0 bridgehead atoms. The van der Waals surface area contributed by atoms with Gasteiger partial charge in [-0.05, 0) is 49.9 Å². The molecule has 23 heavy (non-hydrogen) atoms. The van der Waals surface area contributed by atoms with E-state index >= 15 is 0 Å². The molecular weight excluding hydrogens is 288 g/mol. The van der Waals surface area contributed by atoms with Gasteiger partial charge in [-0.25, -0.2) is 9.97 Å². The topological polar surface area (TPSA) is 66.9 Å². The number of nitrogens with zero attached hydrogens (tertiary/aromatic N) is 2. The number of benzene rings is 1. The fourth-order valence-electron chi connectivity index (χ4n) is 3.02. The minimum Gasteiger partial charge on any atom is -0.351 e. The lowest BCUT2D eigenvalue weighted by atomic mass is 10.1. The minimum atomic E-state index is -0.192. The molecule has 0 aliphatic heterocycles. The zero-order valence-electron chi connectivity index (χ0n) is 13.6. The van der Waals surface area contributed by atoms with Crippen molar-refractivity contribution in [2.24, 2.45) is 0 Å². The lowest BCUT2D eigenvalue weighted by Crippen LogP contribution is -2.18. The first-order valence-electron chi connectivity index (χ1n) is 8.08. The Bertz CT molecular complexity index is 670. The molecule has 1 fully saturated rings. The summed E-state index contributed by atoms with van der Waals surface area (Å²) >= 11 is 0. The molecule has 0 unspecified atom stereocenters. The van der Waals surface area contributed by atoms with Crippen molar-refractivity contribution in [3.05, 3.63) is 47.3 Å². The molecule has 0 atom stereocenters. The van der Waals surface area contributed by atoms with E-state index in [0.717, 1.165) is 29.7 Å². The van der Waals surface area contributed by atoms with Gasteiger partial charge in [0.15, 0.2) is 0 Å². The number of carbonyl (C=O) groups is 1. The van der Waals surface area contributed by atoms with Gasteiger partial charge in [0.1, 0.15) is 0 Å². The molecule has 1 saturated carbocycles. The monoisotopic (exact) mass is 310 g/mol. The maximum atomic E-state index is 12.3. The van der Waals surface area contributed by atoms with E-state index in [1.165, 1.54) is 12.8 Å². The number of nitrogens with one attached hydrogen (secondary N) is 2. The van der Waals surface area contributed by atoms with Gasteiger partial charge in [-0.1, -0.05) is 18.9 Å². The maximum Gasteiger partial charge on any atom is 0.258 e. The smallest absolute Gasteiger partial charge is 0.258 e. The van der Waals surface area contributed by atoms with Gasteiger partial charge in [-0.2, -0.15) is 0 Å². The normalized spacial score (nSPS) is 14.7. The lowest BCUT2D eigenvalue weighted by molar-refractivity contribution is 0.102. The van der Waals surface area contributed by atoms with Crippen molar-refractivity contribution in [1.29, 1.82) is 0 Å². The molecule has 0 spiro atoms. The van der Waals surface area contributed by atoms with Crippen LogP contribution in [0.15, 0.2) is 30.6 Å². The standard InChI is InChI=1S/C18H22N4O/c1-12-7-13(2)9-16(8-12)21-17(23)14-10-19-18(20-11-14)22-15-5-3-4-6-15/h7-11,15H,3-6H2,1-2H3,(H,21,23)(H,19,20,22). The number of hydrogen-bond donors (Lipinski definition) is 2. The van der Waals surface area contributed by atoms with Gasteiger partial charge in [-0.15, -0.1) is 0 Å². The molecule has 1 amide bonds. The van der Waals surface area contributed by atoms with E-state index in [9.17, 15) is 4.79 Å².